The van der Waals surface area contributed by atoms with Crippen LogP contribution in [-0.2, 0) is 10.0 Å². The molecule has 35 heavy (non-hydrogen) atoms. The van der Waals surface area contributed by atoms with Gasteiger partial charge < -0.3 is 9.73 Å². The largest absolute Gasteiger partial charge is 0.493 e. The van der Waals surface area contributed by atoms with Crippen LogP contribution in [0.1, 0.15) is 42.5 Å². The van der Waals surface area contributed by atoms with Gasteiger partial charge in [0.05, 0.1) is 11.5 Å². The quantitative estimate of drug-likeness (QED) is 0.467. The second kappa shape index (κ2) is 10.00. The van der Waals surface area contributed by atoms with E-state index in [-0.39, 0.29) is 27.9 Å². The smallest absolute Gasteiger partial charge is 0.263 e. The average molecular weight is 516 g/mol. The van der Waals surface area contributed by atoms with E-state index >= 15 is 0 Å². The molecular weight excluding hydrogens is 489 g/mol. The number of anilines is 1. The number of halogens is 1. The van der Waals surface area contributed by atoms with Crippen LogP contribution in [0.4, 0.5) is 9.52 Å². The van der Waals surface area contributed by atoms with Crippen LogP contribution in [0.5, 0.6) is 5.75 Å². The highest BCUT2D eigenvalue weighted by Crippen LogP contribution is 2.45. The van der Waals surface area contributed by atoms with E-state index < -0.39 is 10.0 Å². The van der Waals surface area contributed by atoms with Gasteiger partial charge >= 0.3 is 0 Å². The van der Waals surface area contributed by atoms with Crippen molar-refractivity contribution in [1.29, 1.82) is 0 Å². The fourth-order valence-electron chi connectivity index (χ4n) is 5.04. The van der Waals surface area contributed by atoms with E-state index in [0.29, 0.717) is 24.8 Å². The molecule has 1 fully saturated rings. The zero-order chi connectivity index (χ0) is 24.4. The Morgan fingerprint density at radius 3 is 2.77 bits per heavy atom. The summed E-state index contributed by atoms with van der Waals surface area (Å²) in [7, 11) is -3.82. The molecule has 1 N–H and O–H groups in total. The lowest BCUT2D eigenvalue weighted by atomic mass is 9.84. The summed E-state index contributed by atoms with van der Waals surface area (Å²) in [6, 6.07) is 11.9. The summed E-state index contributed by atoms with van der Waals surface area (Å²) in [5, 5.41) is 0.209. The maximum Gasteiger partial charge on any atom is 0.263 e. The van der Waals surface area contributed by atoms with E-state index in [1.807, 2.05) is 18.2 Å². The number of hydrogen-bond donors (Lipinski definition) is 1. The molecule has 1 saturated heterocycles. The van der Waals surface area contributed by atoms with Crippen molar-refractivity contribution in [3.8, 4) is 5.75 Å². The molecule has 2 aliphatic heterocycles. The van der Waals surface area contributed by atoms with E-state index in [9.17, 15) is 12.8 Å². The van der Waals surface area contributed by atoms with Gasteiger partial charge in [0.2, 0.25) is 5.13 Å². The lowest BCUT2D eigenvalue weighted by Gasteiger charge is -2.45. The molecule has 0 spiro atoms. The van der Waals surface area contributed by atoms with Gasteiger partial charge in [-0.3, -0.25) is 9.62 Å². The molecule has 0 unspecified atom stereocenters. The number of nitrogens with zero attached hydrogens (tertiary/aromatic N) is 4. The third kappa shape index (κ3) is 5.07. The number of sulfonamides is 1. The van der Waals surface area contributed by atoms with Crippen LogP contribution in [0.3, 0.4) is 0 Å². The molecule has 0 aliphatic carbocycles. The molecule has 184 valence electrons. The SMILES string of the molecule is C=NC[C@@H]1CCN([C@@H]2CCOc3cc(S(=O)(=O)Nc4ncns4)ccc32)[C@H](c2ccc(F)cc2)C1. The topological polar surface area (TPSA) is 96.8 Å². The predicted molar refractivity (Wildman–Crippen MR) is 133 cm³/mol. The highest BCUT2D eigenvalue weighted by atomic mass is 32.2. The minimum atomic E-state index is -3.82. The Hall–Kier alpha value is -2.89. The number of piperidine rings is 1. The van der Waals surface area contributed by atoms with Gasteiger partial charge in [-0.05, 0) is 55.8 Å². The van der Waals surface area contributed by atoms with Gasteiger partial charge in [0.15, 0.2) is 0 Å². The normalized spacial score (nSPS) is 22.7. The Kier molecular flexibility index (Phi) is 6.81. The van der Waals surface area contributed by atoms with Crippen LogP contribution in [0.25, 0.3) is 0 Å². The molecule has 5 rings (SSSR count). The standard InChI is InChI=1S/C24H26FN5O3S2/c1-26-14-16-8-10-30(22(12-16)17-2-4-18(25)5-3-17)21-9-11-33-23-13-19(6-7-20(21)23)35(31,32)29-24-27-15-28-34-24/h2-7,13,15-16,21-22H,1,8-12,14H2,(H,27,28,29)/t16-,21-,22+/m1/s1. The molecule has 0 radical (unpaired) electrons. The maximum absolute atomic E-state index is 13.6. The fraction of sp³-hybridized carbons (Fsp3) is 0.375. The second-order valence-corrected chi connectivity index (χ2v) is 11.3. The van der Waals surface area contributed by atoms with Gasteiger partial charge in [-0.1, -0.05) is 18.2 Å². The Balaban J connectivity index is 1.45. The van der Waals surface area contributed by atoms with Crippen molar-refractivity contribution in [2.45, 2.75) is 36.2 Å². The van der Waals surface area contributed by atoms with E-state index in [1.54, 1.807) is 12.1 Å². The molecule has 0 bridgehead atoms. The van der Waals surface area contributed by atoms with Gasteiger partial charge in [-0.15, -0.1) is 0 Å². The summed E-state index contributed by atoms with van der Waals surface area (Å²) in [5.74, 6) is 0.721. The van der Waals surface area contributed by atoms with Crippen molar-refractivity contribution in [1.82, 2.24) is 14.3 Å². The number of nitrogens with one attached hydrogen (secondary N) is 1. The second-order valence-electron chi connectivity index (χ2n) is 8.81. The molecule has 0 saturated carbocycles. The molecule has 8 nitrogen and oxygen atoms in total. The van der Waals surface area contributed by atoms with Gasteiger partial charge in [0.25, 0.3) is 10.0 Å². The van der Waals surface area contributed by atoms with Crippen LogP contribution in [0, 0.1) is 11.7 Å². The van der Waals surface area contributed by atoms with E-state index in [0.717, 1.165) is 48.5 Å². The van der Waals surface area contributed by atoms with E-state index in [1.165, 1.54) is 18.5 Å². The summed E-state index contributed by atoms with van der Waals surface area (Å²) >= 11 is 0.972. The van der Waals surface area contributed by atoms with Crippen molar-refractivity contribution >= 4 is 33.4 Å². The van der Waals surface area contributed by atoms with Crippen molar-refractivity contribution in [2.24, 2.45) is 10.9 Å². The fourth-order valence-corrected chi connectivity index (χ4v) is 6.72. The van der Waals surface area contributed by atoms with Crippen LogP contribution < -0.4 is 9.46 Å². The van der Waals surface area contributed by atoms with Gasteiger partial charge in [0.1, 0.15) is 17.9 Å². The first-order chi connectivity index (χ1) is 16.9. The number of fused-ring (bicyclic) bond motifs is 1. The maximum atomic E-state index is 13.6. The molecule has 2 aliphatic rings. The van der Waals surface area contributed by atoms with Crippen molar-refractivity contribution < 1.29 is 17.5 Å². The first-order valence-corrected chi connectivity index (χ1v) is 13.7. The number of aliphatic imine (C=N–C) groups is 1. The molecule has 11 heteroatoms. The Morgan fingerprint density at radius 2 is 2.03 bits per heavy atom. The predicted octanol–water partition coefficient (Wildman–Crippen LogP) is 4.46. The minimum absolute atomic E-state index is 0.0549. The summed E-state index contributed by atoms with van der Waals surface area (Å²) in [5.41, 5.74) is 2.02. The van der Waals surface area contributed by atoms with Gasteiger partial charge in [-0.25, -0.2) is 17.8 Å². The lowest BCUT2D eigenvalue weighted by molar-refractivity contribution is 0.0469. The van der Waals surface area contributed by atoms with Gasteiger partial charge in [-0.2, -0.15) is 4.37 Å². The highest BCUT2D eigenvalue weighted by molar-refractivity contribution is 7.93. The van der Waals surface area contributed by atoms with Crippen LogP contribution in [0.15, 0.2) is 58.7 Å². The third-order valence-electron chi connectivity index (χ3n) is 6.68. The zero-order valence-corrected chi connectivity index (χ0v) is 20.6. The molecule has 2 aromatic carbocycles. The van der Waals surface area contributed by atoms with Crippen LogP contribution >= 0.6 is 11.5 Å². The number of ether oxygens (including phenoxy) is 1. The summed E-state index contributed by atoms with van der Waals surface area (Å²) in [6.45, 7) is 5.70. The monoisotopic (exact) mass is 515 g/mol. The zero-order valence-electron chi connectivity index (χ0n) is 19.0. The van der Waals surface area contributed by atoms with Crippen molar-refractivity contribution in [3.05, 3.63) is 65.7 Å². The number of hydrogen-bond acceptors (Lipinski definition) is 8. The number of rotatable bonds is 7. The lowest BCUT2D eigenvalue weighted by Crippen LogP contribution is -2.41. The summed E-state index contributed by atoms with van der Waals surface area (Å²) in [6.07, 6.45) is 3.97. The minimum Gasteiger partial charge on any atom is -0.493 e. The molecule has 3 aromatic rings. The molecule has 1 aromatic heterocycles. The number of likely N-dealkylation sites (tertiary alicyclic amines) is 1. The molecule has 3 atom stereocenters. The van der Waals surface area contributed by atoms with Gasteiger partial charge in [0, 0.05) is 48.2 Å². The first kappa shape index (κ1) is 23.8. The molecule has 3 heterocycles. The molecule has 0 amide bonds. The average Bonchev–Trinajstić information content (AvgIpc) is 3.36. The number of aromatic nitrogens is 2. The Bertz CT molecular complexity index is 1280. The third-order valence-corrected chi connectivity index (χ3v) is 8.73. The van der Waals surface area contributed by atoms with E-state index in [2.05, 4.69) is 30.7 Å². The van der Waals surface area contributed by atoms with E-state index in [4.69, 9.17) is 4.74 Å². The van der Waals surface area contributed by atoms with Crippen LogP contribution in [0.2, 0.25) is 0 Å². The van der Waals surface area contributed by atoms with Crippen molar-refractivity contribution in [2.75, 3.05) is 24.4 Å². The van der Waals surface area contributed by atoms with Crippen molar-refractivity contribution in [3.63, 3.8) is 0 Å². The Labute approximate surface area is 208 Å². The number of benzene rings is 2. The van der Waals surface area contributed by atoms with Crippen LogP contribution in [-0.4, -0.2) is 49.1 Å². The molecular formula is C24H26FN5O3S2. The first-order valence-electron chi connectivity index (χ1n) is 11.4. The summed E-state index contributed by atoms with van der Waals surface area (Å²) < 4.78 is 51.5. The summed E-state index contributed by atoms with van der Waals surface area (Å²) in [4.78, 5) is 10.6. The highest BCUT2D eigenvalue weighted by Gasteiger charge is 2.37. The Morgan fingerprint density at radius 1 is 1.20 bits per heavy atom.